The Bertz CT molecular complexity index is 1350. The largest absolute Gasteiger partial charge is 0.283 e. The monoisotopic (exact) mass is 502 g/mol. The summed E-state index contributed by atoms with van der Waals surface area (Å²) in [7, 11) is -3.33. The van der Waals surface area contributed by atoms with Gasteiger partial charge < -0.3 is 0 Å². The highest BCUT2D eigenvalue weighted by molar-refractivity contribution is 8.00. The average Bonchev–Trinajstić information content (AvgIpc) is 3.20. The van der Waals surface area contributed by atoms with Gasteiger partial charge in [-0.15, -0.1) is 11.8 Å². The normalized spacial score (nSPS) is 11.6. The molecule has 1 amide bonds. The van der Waals surface area contributed by atoms with Gasteiger partial charge in [0.1, 0.15) is 0 Å². The summed E-state index contributed by atoms with van der Waals surface area (Å²) in [6, 6.07) is 21.9. The van der Waals surface area contributed by atoms with Gasteiger partial charge >= 0.3 is 0 Å². The van der Waals surface area contributed by atoms with Crippen LogP contribution in [-0.4, -0.2) is 31.3 Å². The third-order valence-electron chi connectivity index (χ3n) is 4.67. The molecule has 0 aliphatic carbocycles. The van der Waals surface area contributed by atoms with E-state index in [2.05, 4.69) is 4.98 Å². The van der Waals surface area contributed by atoms with Crippen LogP contribution in [0.15, 0.2) is 82.6 Å². The molecule has 0 N–H and O–H groups in total. The zero-order valence-corrected chi connectivity index (χ0v) is 20.3. The summed E-state index contributed by atoms with van der Waals surface area (Å²) in [4.78, 5) is 20.7. The molecule has 0 spiro atoms. The number of rotatable bonds is 7. The first kappa shape index (κ1) is 22.8. The SMILES string of the molecule is CS(=O)(=O)c1ccc2nc(N(Cc3ccccc3)C(=O)CSc3ccc(Cl)cc3)sc2c1. The topological polar surface area (TPSA) is 67.3 Å². The molecule has 164 valence electrons. The lowest BCUT2D eigenvalue weighted by molar-refractivity contribution is -0.116. The summed E-state index contributed by atoms with van der Waals surface area (Å²) in [5.74, 6) is 0.148. The highest BCUT2D eigenvalue weighted by Crippen LogP contribution is 2.32. The van der Waals surface area contributed by atoms with E-state index in [1.807, 2.05) is 42.5 Å². The minimum atomic E-state index is -3.33. The van der Waals surface area contributed by atoms with Crippen molar-refractivity contribution in [1.29, 1.82) is 0 Å². The van der Waals surface area contributed by atoms with Crippen molar-refractivity contribution in [1.82, 2.24) is 4.98 Å². The van der Waals surface area contributed by atoms with E-state index in [4.69, 9.17) is 11.6 Å². The molecule has 1 aromatic heterocycles. The van der Waals surface area contributed by atoms with E-state index in [1.165, 1.54) is 29.4 Å². The fourth-order valence-electron chi connectivity index (χ4n) is 3.02. The van der Waals surface area contributed by atoms with Crippen molar-refractivity contribution in [2.75, 3.05) is 16.9 Å². The smallest absolute Gasteiger partial charge is 0.239 e. The van der Waals surface area contributed by atoms with Crippen LogP contribution in [0.4, 0.5) is 5.13 Å². The summed E-state index contributed by atoms with van der Waals surface area (Å²) >= 11 is 8.68. The van der Waals surface area contributed by atoms with Crippen LogP contribution in [0.1, 0.15) is 5.56 Å². The van der Waals surface area contributed by atoms with E-state index < -0.39 is 9.84 Å². The number of thiazole rings is 1. The van der Waals surface area contributed by atoms with Gasteiger partial charge in [0.2, 0.25) is 5.91 Å². The van der Waals surface area contributed by atoms with Crippen LogP contribution in [0.25, 0.3) is 10.2 Å². The molecule has 0 radical (unpaired) electrons. The molecule has 0 atom stereocenters. The highest BCUT2D eigenvalue weighted by atomic mass is 35.5. The zero-order valence-electron chi connectivity index (χ0n) is 17.1. The van der Waals surface area contributed by atoms with Crippen molar-refractivity contribution in [2.45, 2.75) is 16.3 Å². The molecule has 3 aromatic carbocycles. The quantitative estimate of drug-likeness (QED) is 0.304. The first-order valence-corrected chi connectivity index (χ1v) is 13.7. The molecule has 0 bridgehead atoms. The second-order valence-corrected chi connectivity index (χ2v) is 11.6. The van der Waals surface area contributed by atoms with E-state index in [0.29, 0.717) is 22.2 Å². The Morgan fingerprint density at radius 3 is 2.47 bits per heavy atom. The van der Waals surface area contributed by atoms with E-state index in [9.17, 15) is 13.2 Å². The number of sulfone groups is 1. The summed E-state index contributed by atoms with van der Waals surface area (Å²) in [6.45, 7) is 0.375. The molecule has 4 rings (SSSR count). The Hall–Kier alpha value is -2.39. The van der Waals surface area contributed by atoms with Crippen molar-refractivity contribution in [3.8, 4) is 0 Å². The number of fused-ring (bicyclic) bond motifs is 1. The summed E-state index contributed by atoms with van der Waals surface area (Å²) in [6.07, 6.45) is 1.18. The maximum absolute atomic E-state index is 13.2. The van der Waals surface area contributed by atoms with Gasteiger partial charge in [0.15, 0.2) is 15.0 Å². The Morgan fingerprint density at radius 1 is 1.06 bits per heavy atom. The van der Waals surface area contributed by atoms with Crippen LogP contribution in [0.3, 0.4) is 0 Å². The third kappa shape index (κ3) is 5.50. The van der Waals surface area contributed by atoms with Crippen LogP contribution in [0.5, 0.6) is 0 Å². The number of carbonyl (C=O) groups excluding carboxylic acids is 1. The molecule has 1 heterocycles. The Morgan fingerprint density at radius 2 is 1.78 bits per heavy atom. The fraction of sp³-hybridized carbons (Fsp3) is 0.130. The molecule has 4 aromatic rings. The van der Waals surface area contributed by atoms with Gasteiger partial charge in [-0.1, -0.05) is 53.3 Å². The lowest BCUT2D eigenvalue weighted by Gasteiger charge is -2.20. The molecule has 0 saturated carbocycles. The molecular formula is C23H19ClN2O3S3. The van der Waals surface area contributed by atoms with Crippen molar-refractivity contribution in [3.63, 3.8) is 0 Å². The van der Waals surface area contributed by atoms with Crippen LogP contribution in [-0.2, 0) is 21.2 Å². The van der Waals surface area contributed by atoms with Crippen molar-refractivity contribution in [3.05, 3.63) is 83.4 Å². The number of nitrogens with zero attached hydrogens (tertiary/aromatic N) is 2. The maximum atomic E-state index is 13.2. The number of aromatic nitrogens is 1. The number of hydrogen-bond donors (Lipinski definition) is 0. The zero-order chi connectivity index (χ0) is 22.7. The number of benzene rings is 3. The van der Waals surface area contributed by atoms with Crippen LogP contribution >= 0.6 is 34.7 Å². The number of hydrogen-bond acceptors (Lipinski definition) is 6. The lowest BCUT2D eigenvalue weighted by Crippen LogP contribution is -2.31. The van der Waals surface area contributed by atoms with E-state index in [0.717, 1.165) is 15.2 Å². The molecule has 0 aliphatic rings. The van der Waals surface area contributed by atoms with Gasteiger partial charge in [0.05, 0.1) is 27.4 Å². The first-order chi connectivity index (χ1) is 15.3. The number of amides is 1. The van der Waals surface area contributed by atoms with Gasteiger partial charge in [0, 0.05) is 16.2 Å². The number of anilines is 1. The van der Waals surface area contributed by atoms with Crippen molar-refractivity contribution < 1.29 is 13.2 Å². The molecule has 5 nitrogen and oxygen atoms in total. The second-order valence-electron chi connectivity index (χ2n) is 7.11. The van der Waals surface area contributed by atoms with Crippen LogP contribution in [0.2, 0.25) is 5.02 Å². The van der Waals surface area contributed by atoms with Crippen LogP contribution in [0, 0.1) is 0 Å². The third-order valence-corrected chi connectivity index (χ3v) is 8.07. The Kier molecular flexibility index (Phi) is 6.85. The molecule has 9 heteroatoms. The van der Waals surface area contributed by atoms with E-state index >= 15 is 0 Å². The summed E-state index contributed by atoms with van der Waals surface area (Å²) < 4.78 is 24.6. The fourth-order valence-corrected chi connectivity index (χ4v) is 5.66. The van der Waals surface area contributed by atoms with Crippen LogP contribution < -0.4 is 4.90 Å². The number of carbonyl (C=O) groups is 1. The Labute approximate surface area is 200 Å². The molecular weight excluding hydrogens is 484 g/mol. The molecule has 0 fully saturated rings. The van der Waals surface area contributed by atoms with Gasteiger partial charge in [-0.05, 0) is 48.0 Å². The molecule has 0 unspecified atom stereocenters. The molecule has 32 heavy (non-hydrogen) atoms. The predicted molar refractivity (Wildman–Crippen MR) is 133 cm³/mol. The lowest BCUT2D eigenvalue weighted by atomic mass is 10.2. The van der Waals surface area contributed by atoms with Crippen molar-refractivity contribution in [2.24, 2.45) is 0 Å². The summed E-state index contributed by atoms with van der Waals surface area (Å²) in [5, 5.41) is 1.19. The number of halogens is 1. The summed E-state index contributed by atoms with van der Waals surface area (Å²) in [5.41, 5.74) is 1.64. The van der Waals surface area contributed by atoms with Gasteiger partial charge in [-0.25, -0.2) is 13.4 Å². The Balaban J connectivity index is 1.64. The highest BCUT2D eigenvalue weighted by Gasteiger charge is 2.21. The standard InChI is InChI=1S/C23H19ClN2O3S3/c1-32(28,29)19-11-12-20-21(13-19)31-23(25-20)26(14-16-5-3-2-4-6-16)22(27)15-30-18-9-7-17(24)8-10-18/h2-13H,14-15H2,1H3. The molecule has 0 aliphatic heterocycles. The first-order valence-electron chi connectivity index (χ1n) is 9.63. The minimum absolute atomic E-state index is 0.0869. The number of thioether (sulfide) groups is 1. The molecule has 0 saturated heterocycles. The second kappa shape index (κ2) is 9.62. The van der Waals surface area contributed by atoms with E-state index in [-0.39, 0.29) is 16.6 Å². The predicted octanol–water partition coefficient (Wildman–Crippen LogP) is 5.68. The van der Waals surface area contributed by atoms with Crippen molar-refractivity contribution >= 4 is 65.8 Å². The average molecular weight is 503 g/mol. The van der Waals surface area contributed by atoms with Gasteiger partial charge in [-0.2, -0.15) is 0 Å². The van der Waals surface area contributed by atoms with Gasteiger partial charge in [0.25, 0.3) is 0 Å². The van der Waals surface area contributed by atoms with Gasteiger partial charge in [-0.3, -0.25) is 9.69 Å². The minimum Gasteiger partial charge on any atom is -0.283 e. The maximum Gasteiger partial charge on any atom is 0.239 e. The van der Waals surface area contributed by atoms with E-state index in [1.54, 1.807) is 35.2 Å².